The Labute approximate surface area is 175 Å². The maximum absolute atomic E-state index is 12.9. The summed E-state index contributed by atoms with van der Waals surface area (Å²) in [6.45, 7) is 4.84. The van der Waals surface area contributed by atoms with Crippen molar-refractivity contribution in [2.45, 2.75) is 38.1 Å². The molecule has 2 aliphatic rings. The van der Waals surface area contributed by atoms with Gasteiger partial charge in [0.15, 0.2) is 6.61 Å². The van der Waals surface area contributed by atoms with E-state index in [9.17, 15) is 19.2 Å². The topological polar surface area (TPSA) is 96.0 Å². The summed E-state index contributed by atoms with van der Waals surface area (Å²) in [5.74, 6) is -1.62. The number of anilines is 1. The Bertz CT molecular complexity index is 840. The van der Waals surface area contributed by atoms with E-state index in [1.807, 2.05) is 13.0 Å². The molecular weight excluding hydrogens is 386 g/mol. The number of imide groups is 1. The van der Waals surface area contributed by atoms with Crippen LogP contribution < -0.4 is 10.2 Å². The predicted molar refractivity (Wildman–Crippen MR) is 111 cm³/mol. The predicted octanol–water partition coefficient (Wildman–Crippen LogP) is 2.25. The van der Waals surface area contributed by atoms with E-state index in [0.29, 0.717) is 12.1 Å². The van der Waals surface area contributed by atoms with Gasteiger partial charge in [0.25, 0.3) is 11.8 Å². The van der Waals surface area contributed by atoms with E-state index in [2.05, 4.69) is 11.9 Å². The lowest BCUT2D eigenvalue weighted by Crippen LogP contribution is -2.54. The molecule has 2 atom stereocenters. The number of ether oxygens (including phenoxy) is 1. The van der Waals surface area contributed by atoms with E-state index < -0.39 is 36.6 Å². The van der Waals surface area contributed by atoms with E-state index in [-0.39, 0.29) is 18.4 Å². The second kappa shape index (κ2) is 9.11. The first-order valence-corrected chi connectivity index (χ1v) is 10.1. The molecule has 0 unspecified atom stereocenters. The Kier molecular flexibility index (Phi) is 6.54. The molecule has 1 N–H and O–H groups in total. The van der Waals surface area contributed by atoms with Gasteiger partial charge in [-0.3, -0.25) is 19.3 Å². The molecule has 1 aromatic carbocycles. The fourth-order valence-corrected chi connectivity index (χ4v) is 4.12. The highest BCUT2D eigenvalue weighted by Gasteiger charge is 2.55. The zero-order chi connectivity index (χ0) is 21.7. The van der Waals surface area contributed by atoms with Gasteiger partial charge in [-0.15, -0.1) is 6.58 Å². The molecule has 8 heteroatoms. The molecule has 1 spiro atoms. The quantitative estimate of drug-likeness (QED) is 0.420. The van der Waals surface area contributed by atoms with Crippen molar-refractivity contribution >= 4 is 29.5 Å². The molecule has 1 saturated carbocycles. The number of esters is 1. The summed E-state index contributed by atoms with van der Waals surface area (Å²) < 4.78 is 5.08. The fraction of sp³-hybridized carbons (Fsp3) is 0.455. The van der Waals surface area contributed by atoms with Gasteiger partial charge in [-0.25, -0.2) is 4.79 Å². The van der Waals surface area contributed by atoms with Crippen LogP contribution in [0.25, 0.3) is 0 Å². The van der Waals surface area contributed by atoms with Gasteiger partial charge in [0.1, 0.15) is 12.1 Å². The smallest absolute Gasteiger partial charge is 0.326 e. The maximum Gasteiger partial charge on any atom is 0.326 e. The first kappa shape index (κ1) is 21.5. The van der Waals surface area contributed by atoms with Crippen LogP contribution in [0.4, 0.5) is 10.5 Å². The van der Waals surface area contributed by atoms with Gasteiger partial charge >= 0.3 is 12.0 Å². The largest absolute Gasteiger partial charge is 0.454 e. The molecule has 0 bridgehead atoms. The van der Waals surface area contributed by atoms with Gasteiger partial charge in [-0.1, -0.05) is 44.0 Å². The maximum atomic E-state index is 12.9. The molecule has 1 saturated heterocycles. The minimum atomic E-state index is -0.931. The molecule has 8 nitrogen and oxygen atoms in total. The second-order valence-electron chi connectivity index (χ2n) is 7.73. The van der Waals surface area contributed by atoms with Crippen LogP contribution in [0.15, 0.2) is 43.0 Å². The summed E-state index contributed by atoms with van der Waals surface area (Å²) in [6, 6.07) is 8.37. The van der Waals surface area contributed by atoms with Gasteiger partial charge in [-0.2, -0.15) is 0 Å². The number of urea groups is 1. The van der Waals surface area contributed by atoms with Crippen LogP contribution in [-0.4, -0.2) is 54.0 Å². The van der Waals surface area contributed by atoms with Crippen LogP contribution in [0.5, 0.6) is 0 Å². The molecule has 1 aliphatic carbocycles. The van der Waals surface area contributed by atoms with E-state index in [0.717, 1.165) is 24.2 Å². The Morgan fingerprint density at radius 2 is 2.03 bits per heavy atom. The van der Waals surface area contributed by atoms with E-state index in [4.69, 9.17) is 4.74 Å². The monoisotopic (exact) mass is 413 g/mol. The average molecular weight is 413 g/mol. The number of rotatable bonds is 7. The lowest BCUT2D eigenvalue weighted by Gasteiger charge is -2.36. The summed E-state index contributed by atoms with van der Waals surface area (Å²) >= 11 is 0. The van der Waals surface area contributed by atoms with Crippen LogP contribution in [0.3, 0.4) is 0 Å². The molecule has 1 heterocycles. The summed E-state index contributed by atoms with van der Waals surface area (Å²) in [7, 11) is 0. The van der Waals surface area contributed by atoms with Crippen molar-refractivity contribution in [3.05, 3.63) is 43.0 Å². The van der Waals surface area contributed by atoms with Gasteiger partial charge in [-0.05, 0) is 30.9 Å². The molecule has 30 heavy (non-hydrogen) atoms. The van der Waals surface area contributed by atoms with Crippen molar-refractivity contribution < 1.29 is 23.9 Å². The highest BCUT2D eigenvalue weighted by atomic mass is 16.5. The fourth-order valence-electron chi connectivity index (χ4n) is 4.12. The number of nitrogens with one attached hydrogen (secondary N) is 1. The van der Waals surface area contributed by atoms with Gasteiger partial charge in [0, 0.05) is 12.2 Å². The van der Waals surface area contributed by atoms with Crippen molar-refractivity contribution in [3.63, 3.8) is 0 Å². The number of nitrogens with zero attached hydrogens (tertiary/aromatic N) is 2. The van der Waals surface area contributed by atoms with Crippen LogP contribution in [0, 0.1) is 5.92 Å². The summed E-state index contributed by atoms with van der Waals surface area (Å²) in [6.07, 6.45) is 4.85. The summed E-state index contributed by atoms with van der Waals surface area (Å²) in [5, 5.41) is 2.79. The Balaban J connectivity index is 1.59. The molecule has 0 aromatic heterocycles. The zero-order valence-electron chi connectivity index (χ0n) is 17.1. The first-order chi connectivity index (χ1) is 14.4. The number of amides is 4. The number of carbonyl (C=O) groups excluding carboxylic acids is 4. The lowest BCUT2D eigenvalue weighted by atomic mass is 9.73. The average Bonchev–Trinajstić information content (AvgIpc) is 2.98. The normalized spacial score (nSPS) is 23.2. The SMILES string of the molecule is C=CCN(C(=O)COC(=O)CN1C(=O)N[C@@]2(CCCC[C@H]2C)C1=O)c1ccccc1. The summed E-state index contributed by atoms with van der Waals surface area (Å²) in [5.41, 5.74) is -0.278. The number of para-hydroxylation sites is 1. The van der Waals surface area contributed by atoms with Gasteiger partial charge < -0.3 is 15.0 Å². The highest BCUT2D eigenvalue weighted by Crippen LogP contribution is 2.38. The van der Waals surface area contributed by atoms with Crippen molar-refractivity contribution in [1.29, 1.82) is 0 Å². The summed E-state index contributed by atoms with van der Waals surface area (Å²) in [4.78, 5) is 52.4. The van der Waals surface area contributed by atoms with E-state index in [1.165, 1.54) is 4.90 Å². The lowest BCUT2D eigenvalue weighted by molar-refractivity contribution is -0.151. The van der Waals surface area contributed by atoms with Crippen molar-refractivity contribution in [1.82, 2.24) is 10.2 Å². The third-order valence-corrected chi connectivity index (χ3v) is 5.83. The number of benzene rings is 1. The Morgan fingerprint density at radius 1 is 1.30 bits per heavy atom. The third-order valence-electron chi connectivity index (χ3n) is 5.83. The van der Waals surface area contributed by atoms with Crippen molar-refractivity contribution in [3.8, 4) is 0 Å². The minimum Gasteiger partial charge on any atom is -0.454 e. The van der Waals surface area contributed by atoms with Crippen molar-refractivity contribution in [2.24, 2.45) is 5.92 Å². The van der Waals surface area contributed by atoms with Gasteiger partial charge in [0.05, 0.1) is 0 Å². The molecule has 2 fully saturated rings. The highest BCUT2D eigenvalue weighted by molar-refractivity contribution is 6.09. The number of carbonyl (C=O) groups is 4. The molecule has 0 radical (unpaired) electrons. The van der Waals surface area contributed by atoms with Gasteiger partial charge in [0.2, 0.25) is 0 Å². The molecule has 1 aromatic rings. The third kappa shape index (κ3) is 4.22. The van der Waals surface area contributed by atoms with E-state index in [1.54, 1.807) is 30.3 Å². The molecule has 4 amide bonds. The molecular formula is C22H27N3O5. The second-order valence-corrected chi connectivity index (χ2v) is 7.73. The standard InChI is InChI=1S/C22H27N3O5/c1-3-13-24(17-10-5-4-6-11-17)18(26)15-30-19(27)14-25-20(28)22(23-21(25)29)12-8-7-9-16(22)2/h3-6,10-11,16H,1,7-9,12-15H2,2H3,(H,23,29)/t16-,22-/m1/s1. The Hall–Kier alpha value is -3.16. The molecule has 160 valence electrons. The molecule has 3 rings (SSSR count). The molecule has 1 aliphatic heterocycles. The van der Waals surface area contributed by atoms with E-state index >= 15 is 0 Å². The van der Waals surface area contributed by atoms with Crippen LogP contribution >= 0.6 is 0 Å². The number of hydrogen-bond donors (Lipinski definition) is 1. The van der Waals surface area contributed by atoms with Crippen LogP contribution in [0.2, 0.25) is 0 Å². The van der Waals surface area contributed by atoms with Crippen LogP contribution in [-0.2, 0) is 19.1 Å². The van der Waals surface area contributed by atoms with Crippen molar-refractivity contribution in [2.75, 3.05) is 24.6 Å². The zero-order valence-corrected chi connectivity index (χ0v) is 17.1. The van der Waals surface area contributed by atoms with Crippen LogP contribution in [0.1, 0.15) is 32.6 Å². The Morgan fingerprint density at radius 3 is 2.70 bits per heavy atom. The first-order valence-electron chi connectivity index (χ1n) is 10.1. The minimum absolute atomic E-state index is 0.00336. The number of hydrogen-bond acceptors (Lipinski definition) is 5.